The zero-order valence-corrected chi connectivity index (χ0v) is 12.9. The first-order valence-corrected chi connectivity index (χ1v) is 7.46. The lowest BCUT2D eigenvalue weighted by atomic mass is 10.3. The van der Waals surface area contributed by atoms with Crippen molar-refractivity contribution in [3.05, 3.63) is 60.7 Å². The Bertz CT molecular complexity index is 518. The summed E-state index contributed by atoms with van der Waals surface area (Å²) < 4.78 is 11.2. The topological polar surface area (TPSA) is 41.9 Å². The highest BCUT2D eigenvalue weighted by Gasteiger charge is 2.09. The molecule has 0 aliphatic heterocycles. The molecular weight excluding hydrogens is 278 g/mol. The van der Waals surface area contributed by atoms with Crippen molar-refractivity contribution in [3.8, 4) is 11.5 Å². The molecule has 118 valence electrons. The monoisotopic (exact) mass is 301 g/mol. The third kappa shape index (κ3) is 6.16. The van der Waals surface area contributed by atoms with E-state index >= 15 is 0 Å². The van der Waals surface area contributed by atoms with E-state index in [1.54, 1.807) is 0 Å². The van der Waals surface area contributed by atoms with Gasteiger partial charge in [0.1, 0.15) is 30.8 Å². The second-order valence-corrected chi connectivity index (χ2v) is 5.20. The fourth-order valence-electron chi connectivity index (χ4n) is 2.05. The maximum atomic E-state index is 9.99. The molecule has 0 heterocycles. The minimum atomic E-state index is -0.526. The van der Waals surface area contributed by atoms with Gasteiger partial charge in [-0.1, -0.05) is 36.4 Å². The SMILES string of the molecule is CN(CCOc1ccccc1)C[C@@H](O)COc1ccccc1. The smallest absolute Gasteiger partial charge is 0.119 e. The van der Waals surface area contributed by atoms with E-state index in [0.29, 0.717) is 13.2 Å². The number of aliphatic hydroxyl groups is 1. The lowest BCUT2D eigenvalue weighted by molar-refractivity contribution is 0.0723. The van der Waals surface area contributed by atoms with Crippen LogP contribution < -0.4 is 9.47 Å². The van der Waals surface area contributed by atoms with Crippen molar-refractivity contribution in [2.75, 3.05) is 33.4 Å². The molecule has 0 aromatic heterocycles. The van der Waals surface area contributed by atoms with Crippen molar-refractivity contribution in [2.45, 2.75) is 6.10 Å². The first kappa shape index (κ1) is 16.3. The Morgan fingerprint density at radius 3 is 2.05 bits per heavy atom. The zero-order chi connectivity index (χ0) is 15.6. The fourth-order valence-corrected chi connectivity index (χ4v) is 2.05. The average Bonchev–Trinajstić information content (AvgIpc) is 2.55. The van der Waals surface area contributed by atoms with E-state index in [1.807, 2.05) is 72.6 Å². The predicted molar refractivity (Wildman–Crippen MR) is 87.4 cm³/mol. The largest absolute Gasteiger partial charge is 0.492 e. The van der Waals surface area contributed by atoms with E-state index < -0.39 is 6.10 Å². The van der Waals surface area contributed by atoms with Gasteiger partial charge >= 0.3 is 0 Å². The van der Waals surface area contributed by atoms with Crippen LogP contribution in [-0.2, 0) is 0 Å². The van der Waals surface area contributed by atoms with Crippen LogP contribution in [0.3, 0.4) is 0 Å². The lowest BCUT2D eigenvalue weighted by Gasteiger charge is -2.20. The molecular formula is C18H23NO3. The molecule has 0 bridgehead atoms. The maximum Gasteiger partial charge on any atom is 0.119 e. The van der Waals surface area contributed by atoms with Crippen molar-refractivity contribution >= 4 is 0 Å². The Morgan fingerprint density at radius 1 is 0.909 bits per heavy atom. The summed E-state index contributed by atoms with van der Waals surface area (Å²) >= 11 is 0. The standard InChI is InChI=1S/C18H23NO3/c1-19(12-13-21-17-8-4-2-5-9-17)14-16(20)15-22-18-10-6-3-7-11-18/h2-11,16,20H,12-15H2,1H3/t16-/m1/s1. The minimum absolute atomic E-state index is 0.286. The highest BCUT2D eigenvalue weighted by molar-refractivity contribution is 5.21. The van der Waals surface area contributed by atoms with Crippen molar-refractivity contribution < 1.29 is 14.6 Å². The van der Waals surface area contributed by atoms with Gasteiger partial charge in [-0.25, -0.2) is 0 Å². The highest BCUT2D eigenvalue weighted by Crippen LogP contribution is 2.09. The Morgan fingerprint density at radius 2 is 1.45 bits per heavy atom. The van der Waals surface area contributed by atoms with Gasteiger partial charge in [0.05, 0.1) is 0 Å². The van der Waals surface area contributed by atoms with E-state index in [2.05, 4.69) is 0 Å². The molecule has 2 rings (SSSR count). The second kappa shape index (κ2) is 9.07. The number of benzene rings is 2. The van der Waals surface area contributed by atoms with Gasteiger partial charge in [-0.2, -0.15) is 0 Å². The van der Waals surface area contributed by atoms with Crippen LogP contribution >= 0.6 is 0 Å². The maximum absolute atomic E-state index is 9.99. The Hall–Kier alpha value is -2.04. The van der Waals surface area contributed by atoms with Crippen LogP contribution in [0.5, 0.6) is 11.5 Å². The molecule has 0 aliphatic carbocycles. The third-order valence-electron chi connectivity index (χ3n) is 3.19. The van der Waals surface area contributed by atoms with Crippen LogP contribution in [-0.4, -0.2) is 49.5 Å². The molecule has 4 heteroatoms. The normalized spacial score (nSPS) is 12.1. The van der Waals surface area contributed by atoms with Crippen molar-refractivity contribution in [3.63, 3.8) is 0 Å². The van der Waals surface area contributed by atoms with E-state index in [1.165, 1.54) is 0 Å². The van der Waals surface area contributed by atoms with E-state index in [9.17, 15) is 5.11 Å². The molecule has 1 N–H and O–H groups in total. The molecule has 0 unspecified atom stereocenters. The fraction of sp³-hybridized carbons (Fsp3) is 0.333. The van der Waals surface area contributed by atoms with E-state index in [-0.39, 0.29) is 6.61 Å². The van der Waals surface area contributed by atoms with Gasteiger partial charge in [0.2, 0.25) is 0 Å². The van der Waals surface area contributed by atoms with Gasteiger partial charge in [0.25, 0.3) is 0 Å². The number of rotatable bonds is 9. The summed E-state index contributed by atoms with van der Waals surface area (Å²) in [5.41, 5.74) is 0. The van der Waals surface area contributed by atoms with Gasteiger partial charge in [0, 0.05) is 13.1 Å². The third-order valence-corrected chi connectivity index (χ3v) is 3.19. The molecule has 0 amide bonds. The van der Waals surface area contributed by atoms with E-state index in [0.717, 1.165) is 18.0 Å². The van der Waals surface area contributed by atoms with Gasteiger partial charge in [-0.15, -0.1) is 0 Å². The number of likely N-dealkylation sites (N-methyl/N-ethyl adjacent to an activating group) is 1. The summed E-state index contributed by atoms with van der Waals surface area (Å²) in [6.45, 7) is 2.17. The molecule has 4 nitrogen and oxygen atoms in total. The summed E-state index contributed by atoms with van der Waals surface area (Å²) in [6.07, 6.45) is -0.526. The molecule has 22 heavy (non-hydrogen) atoms. The van der Waals surface area contributed by atoms with Crippen molar-refractivity contribution in [2.24, 2.45) is 0 Å². The number of ether oxygens (including phenoxy) is 2. The zero-order valence-electron chi connectivity index (χ0n) is 12.9. The molecule has 0 saturated heterocycles. The molecule has 0 saturated carbocycles. The van der Waals surface area contributed by atoms with Gasteiger partial charge in [0.15, 0.2) is 0 Å². The number of hydrogen-bond donors (Lipinski definition) is 1. The highest BCUT2D eigenvalue weighted by atomic mass is 16.5. The van der Waals surface area contributed by atoms with Crippen LogP contribution in [0.2, 0.25) is 0 Å². The average molecular weight is 301 g/mol. The van der Waals surface area contributed by atoms with Gasteiger partial charge in [-0.3, -0.25) is 0 Å². The number of hydrogen-bond acceptors (Lipinski definition) is 4. The van der Waals surface area contributed by atoms with Crippen LogP contribution in [0.4, 0.5) is 0 Å². The van der Waals surface area contributed by atoms with Crippen molar-refractivity contribution in [1.29, 1.82) is 0 Å². The summed E-state index contributed by atoms with van der Waals surface area (Å²) in [7, 11) is 1.96. The Kier molecular flexibility index (Phi) is 6.74. The second-order valence-electron chi connectivity index (χ2n) is 5.20. The van der Waals surface area contributed by atoms with E-state index in [4.69, 9.17) is 9.47 Å². The quantitative estimate of drug-likeness (QED) is 0.772. The van der Waals surface area contributed by atoms with Crippen LogP contribution in [0, 0.1) is 0 Å². The lowest BCUT2D eigenvalue weighted by Crippen LogP contribution is -2.35. The van der Waals surface area contributed by atoms with Gasteiger partial charge < -0.3 is 19.5 Å². The summed E-state index contributed by atoms with van der Waals surface area (Å²) in [6, 6.07) is 19.2. The first-order valence-electron chi connectivity index (χ1n) is 7.46. The first-order chi connectivity index (χ1) is 10.7. The van der Waals surface area contributed by atoms with Crippen LogP contribution in [0.1, 0.15) is 0 Å². The molecule has 1 atom stereocenters. The summed E-state index contributed by atoms with van der Waals surface area (Å²) in [4.78, 5) is 2.03. The van der Waals surface area contributed by atoms with Gasteiger partial charge in [-0.05, 0) is 31.3 Å². The summed E-state index contributed by atoms with van der Waals surface area (Å²) in [5, 5.41) is 9.99. The molecule has 0 fully saturated rings. The van der Waals surface area contributed by atoms with Crippen LogP contribution in [0.15, 0.2) is 60.7 Å². The Labute approximate surface area is 131 Å². The number of aliphatic hydroxyl groups excluding tert-OH is 1. The molecule has 0 aliphatic rings. The Balaban J connectivity index is 1.60. The molecule has 2 aromatic rings. The minimum Gasteiger partial charge on any atom is -0.492 e. The number of nitrogens with zero attached hydrogens (tertiary/aromatic N) is 1. The predicted octanol–water partition coefficient (Wildman–Crippen LogP) is 2.44. The van der Waals surface area contributed by atoms with Crippen molar-refractivity contribution in [1.82, 2.24) is 4.90 Å². The van der Waals surface area contributed by atoms with Crippen LogP contribution in [0.25, 0.3) is 0 Å². The molecule has 0 spiro atoms. The molecule has 2 aromatic carbocycles. The summed E-state index contributed by atoms with van der Waals surface area (Å²) in [5.74, 6) is 1.64. The number of para-hydroxylation sites is 2. The molecule has 0 radical (unpaired) electrons.